The van der Waals surface area contributed by atoms with Crippen molar-refractivity contribution in [3.05, 3.63) is 113 Å². The number of thiocarbonyl (C=S) groups is 1. The van der Waals surface area contributed by atoms with Crippen molar-refractivity contribution < 1.29 is 19.1 Å². The molecule has 0 unspecified atom stereocenters. The first-order chi connectivity index (χ1) is 17.7. The summed E-state index contributed by atoms with van der Waals surface area (Å²) in [6, 6.07) is 19.4. The highest BCUT2D eigenvalue weighted by Gasteiger charge is 2.30. The molecule has 0 heterocycles. The molecule has 0 saturated heterocycles. The Hall–Kier alpha value is -4.36. The van der Waals surface area contributed by atoms with Crippen LogP contribution in [0.3, 0.4) is 0 Å². The van der Waals surface area contributed by atoms with Gasteiger partial charge < -0.3 is 9.64 Å². The van der Waals surface area contributed by atoms with Crippen molar-refractivity contribution in [2.24, 2.45) is 0 Å². The topological polar surface area (TPSA) is 66.9 Å². The number of amides is 1. The van der Waals surface area contributed by atoms with Gasteiger partial charge in [-0.15, -0.1) is 0 Å². The first-order valence-corrected chi connectivity index (χ1v) is 12.1. The zero-order chi connectivity index (χ0) is 26.7. The quantitative estimate of drug-likeness (QED) is 0.237. The molecule has 0 fully saturated rings. The molecule has 0 radical (unpaired) electrons. The number of nitrogens with zero attached hydrogens (tertiary/aromatic N) is 2. The van der Waals surface area contributed by atoms with Gasteiger partial charge in [-0.2, -0.15) is 0 Å². The molecule has 186 valence electrons. The van der Waals surface area contributed by atoms with Crippen LogP contribution in [-0.2, 0) is 9.53 Å². The smallest absolute Gasteiger partial charge is 0.273 e. The van der Waals surface area contributed by atoms with E-state index in [4.69, 9.17) is 17.0 Å². The third-order valence-corrected chi connectivity index (χ3v) is 6.33. The van der Waals surface area contributed by atoms with Crippen LogP contribution in [0.4, 0.5) is 11.4 Å². The van der Waals surface area contributed by atoms with Crippen LogP contribution >= 0.6 is 12.2 Å². The molecule has 3 aromatic carbocycles. The average molecular weight is 511 g/mol. The number of rotatable bonds is 5. The van der Waals surface area contributed by atoms with Crippen molar-refractivity contribution >= 4 is 52.3 Å². The van der Waals surface area contributed by atoms with E-state index in [0.717, 1.165) is 11.3 Å². The second-order valence-corrected chi connectivity index (χ2v) is 8.93. The zero-order valence-corrected chi connectivity index (χ0v) is 21.8. The van der Waals surface area contributed by atoms with Gasteiger partial charge in [0.25, 0.3) is 5.17 Å². The standard InChI is InChI=1S/C30H26N2O4S/c1-5-16-32(30(37)36-19(2)17-21-10-12-22(13-11-21)31(4)20(3)33)23-14-15-26-27(18-23)29(35)25-9-7-6-8-24(25)28(26)34/h5-18H,1-4H3/b16-5-,19-17+. The number of ether oxygens (including phenoxy) is 1. The van der Waals surface area contributed by atoms with E-state index in [0.29, 0.717) is 33.7 Å². The molecule has 3 aromatic rings. The second kappa shape index (κ2) is 10.7. The van der Waals surface area contributed by atoms with Gasteiger partial charge >= 0.3 is 0 Å². The molecule has 1 aliphatic rings. The van der Waals surface area contributed by atoms with Crippen LogP contribution in [0.25, 0.3) is 6.08 Å². The lowest BCUT2D eigenvalue weighted by Gasteiger charge is -2.24. The van der Waals surface area contributed by atoms with Gasteiger partial charge in [-0.1, -0.05) is 42.5 Å². The van der Waals surface area contributed by atoms with E-state index in [1.165, 1.54) is 6.92 Å². The van der Waals surface area contributed by atoms with Crippen LogP contribution in [0.15, 0.2) is 84.8 Å². The lowest BCUT2D eigenvalue weighted by atomic mass is 9.84. The number of ketones is 2. The van der Waals surface area contributed by atoms with Crippen molar-refractivity contribution in [2.45, 2.75) is 20.8 Å². The Balaban J connectivity index is 1.57. The molecule has 37 heavy (non-hydrogen) atoms. The summed E-state index contributed by atoms with van der Waals surface area (Å²) in [5.41, 5.74) is 3.80. The molecular weight excluding hydrogens is 484 g/mol. The summed E-state index contributed by atoms with van der Waals surface area (Å²) in [5, 5.41) is 0.162. The lowest BCUT2D eigenvalue weighted by molar-refractivity contribution is -0.116. The summed E-state index contributed by atoms with van der Waals surface area (Å²) in [6.45, 7) is 5.15. The van der Waals surface area contributed by atoms with Crippen LogP contribution in [-0.4, -0.2) is 29.7 Å². The van der Waals surface area contributed by atoms with Crippen molar-refractivity contribution in [1.29, 1.82) is 0 Å². The SMILES string of the molecule is C/C=C\N(C(=S)O/C(C)=C/c1ccc(N(C)C(C)=O)cc1)c1ccc2c(c1)C(=O)c1ccccc1C2=O. The van der Waals surface area contributed by atoms with E-state index in [2.05, 4.69) is 0 Å². The monoisotopic (exact) mass is 510 g/mol. The largest absolute Gasteiger partial charge is 0.436 e. The fraction of sp³-hybridized carbons (Fsp3) is 0.133. The van der Waals surface area contributed by atoms with Crippen molar-refractivity contribution in [2.75, 3.05) is 16.8 Å². The van der Waals surface area contributed by atoms with Gasteiger partial charge in [0.05, 0.1) is 5.69 Å². The first-order valence-electron chi connectivity index (χ1n) is 11.7. The van der Waals surface area contributed by atoms with Crippen LogP contribution in [0.1, 0.15) is 58.2 Å². The molecule has 0 N–H and O–H groups in total. The Morgan fingerprint density at radius 3 is 2.00 bits per heavy atom. The minimum absolute atomic E-state index is 0.0466. The van der Waals surface area contributed by atoms with Gasteiger partial charge in [-0.05, 0) is 68.0 Å². The fourth-order valence-electron chi connectivity index (χ4n) is 4.07. The number of carbonyl (C=O) groups excluding carboxylic acids is 3. The summed E-state index contributed by atoms with van der Waals surface area (Å²) < 4.78 is 5.94. The molecule has 0 saturated carbocycles. The predicted octanol–water partition coefficient (Wildman–Crippen LogP) is 6.15. The minimum atomic E-state index is -0.200. The maximum absolute atomic E-state index is 13.2. The first kappa shape index (κ1) is 25.7. The molecule has 0 spiro atoms. The van der Waals surface area contributed by atoms with E-state index in [1.807, 2.05) is 37.3 Å². The lowest BCUT2D eigenvalue weighted by Crippen LogP contribution is -2.27. The Kier molecular flexibility index (Phi) is 7.45. The number of anilines is 2. The molecule has 6 nitrogen and oxygen atoms in total. The van der Waals surface area contributed by atoms with Gasteiger partial charge in [-0.25, -0.2) is 0 Å². The Morgan fingerprint density at radius 1 is 0.838 bits per heavy atom. The molecule has 4 rings (SSSR count). The fourth-order valence-corrected chi connectivity index (χ4v) is 4.36. The van der Waals surface area contributed by atoms with Gasteiger partial charge in [0.15, 0.2) is 11.6 Å². The summed E-state index contributed by atoms with van der Waals surface area (Å²) in [6.07, 6.45) is 5.39. The van der Waals surface area contributed by atoms with Crippen LogP contribution < -0.4 is 9.80 Å². The van der Waals surface area contributed by atoms with E-state index in [1.54, 1.807) is 78.5 Å². The molecular formula is C30H26N2O4S. The van der Waals surface area contributed by atoms with E-state index in [9.17, 15) is 14.4 Å². The Labute approximate surface area is 221 Å². The molecule has 0 atom stereocenters. The highest BCUT2D eigenvalue weighted by Crippen LogP contribution is 2.31. The zero-order valence-electron chi connectivity index (χ0n) is 21.0. The number of fused-ring (bicyclic) bond motifs is 2. The number of benzene rings is 3. The molecule has 0 aromatic heterocycles. The van der Waals surface area contributed by atoms with E-state index >= 15 is 0 Å². The summed E-state index contributed by atoms with van der Waals surface area (Å²) in [4.78, 5) is 40.9. The molecule has 7 heteroatoms. The number of carbonyl (C=O) groups is 3. The van der Waals surface area contributed by atoms with Crippen LogP contribution in [0.5, 0.6) is 0 Å². The second-order valence-electron chi connectivity index (χ2n) is 8.58. The summed E-state index contributed by atoms with van der Waals surface area (Å²) in [7, 11) is 1.72. The molecule has 1 amide bonds. The maximum Gasteiger partial charge on any atom is 0.273 e. The van der Waals surface area contributed by atoms with Gasteiger partial charge in [0.2, 0.25) is 5.91 Å². The Bertz CT molecular complexity index is 1470. The van der Waals surface area contributed by atoms with Gasteiger partial charge in [0.1, 0.15) is 5.76 Å². The Morgan fingerprint density at radius 2 is 1.41 bits per heavy atom. The van der Waals surface area contributed by atoms with E-state index in [-0.39, 0.29) is 22.6 Å². The van der Waals surface area contributed by atoms with Crippen LogP contribution in [0.2, 0.25) is 0 Å². The third-order valence-electron chi connectivity index (χ3n) is 6.05. The van der Waals surface area contributed by atoms with Crippen molar-refractivity contribution in [1.82, 2.24) is 0 Å². The molecule has 0 bridgehead atoms. The number of hydrogen-bond donors (Lipinski definition) is 0. The summed E-state index contributed by atoms with van der Waals surface area (Å²) >= 11 is 5.59. The van der Waals surface area contributed by atoms with Crippen molar-refractivity contribution in [3.8, 4) is 0 Å². The number of allylic oxidation sites excluding steroid dienone is 2. The third kappa shape index (κ3) is 5.27. The van der Waals surface area contributed by atoms with Gasteiger partial charge in [-0.3, -0.25) is 19.3 Å². The number of hydrogen-bond acceptors (Lipinski definition) is 5. The molecule has 1 aliphatic carbocycles. The van der Waals surface area contributed by atoms with Crippen LogP contribution in [0, 0.1) is 0 Å². The predicted molar refractivity (Wildman–Crippen MR) is 150 cm³/mol. The van der Waals surface area contributed by atoms with Gasteiger partial charge in [0, 0.05) is 48.1 Å². The highest BCUT2D eigenvalue weighted by atomic mass is 32.1. The normalized spacial score (nSPS) is 12.7. The van der Waals surface area contributed by atoms with E-state index < -0.39 is 0 Å². The highest BCUT2D eigenvalue weighted by molar-refractivity contribution is 7.80. The minimum Gasteiger partial charge on any atom is -0.436 e. The maximum atomic E-state index is 13.2. The van der Waals surface area contributed by atoms with Crippen molar-refractivity contribution in [3.63, 3.8) is 0 Å². The average Bonchev–Trinajstić information content (AvgIpc) is 2.90. The summed E-state index contributed by atoms with van der Waals surface area (Å²) in [5.74, 6) is 0.140. The molecule has 0 aliphatic heterocycles.